The smallest absolute Gasteiger partial charge is 0.410 e. The number of piperazine rings is 1. The van der Waals surface area contributed by atoms with Crippen LogP contribution < -0.4 is 14.1 Å². The highest BCUT2D eigenvalue weighted by atomic mass is 79.9. The van der Waals surface area contributed by atoms with Gasteiger partial charge in [-0.1, -0.05) is 47.6 Å². The lowest BCUT2D eigenvalue weighted by Gasteiger charge is -2.48. The largest absolute Gasteiger partial charge is 0.543 e. The van der Waals surface area contributed by atoms with Gasteiger partial charge in [0.1, 0.15) is 34.8 Å². The highest BCUT2D eigenvalue weighted by molar-refractivity contribution is 9.10. The van der Waals surface area contributed by atoms with E-state index in [4.69, 9.17) is 23.9 Å². The van der Waals surface area contributed by atoms with E-state index in [1.807, 2.05) is 58.6 Å². The fourth-order valence-corrected chi connectivity index (χ4v) is 15.7. The first-order valence-electron chi connectivity index (χ1n) is 19.3. The molecule has 290 valence electrons. The number of ether oxygens (including phenoxy) is 2. The summed E-state index contributed by atoms with van der Waals surface area (Å²) in [7, 11) is -2.44. The number of anilines is 1. The molecule has 54 heavy (non-hydrogen) atoms. The van der Waals surface area contributed by atoms with E-state index in [2.05, 4.69) is 62.4 Å². The Morgan fingerprint density at radius 2 is 1.65 bits per heavy atom. The number of fused-ring (bicyclic) bond motifs is 6. The van der Waals surface area contributed by atoms with Crippen molar-refractivity contribution in [2.45, 2.75) is 142 Å². The molecule has 0 aliphatic carbocycles. The first-order valence-corrected chi connectivity index (χ1v) is 22.3. The van der Waals surface area contributed by atoms with Crippen molar-refractivity contribution >= 4 is 57.7 Å². The third-order valence-electron chi connectivity index (χ3n) is 12.1. The Balaban J connectivity index is 1.45. The summed E-state index contributed by atoms with van der Waals surface area (Å²) in [6.07, 6.45) is 0.817. The lowest BCUT2D eigenvalue weighted by Crippen LogP contribution is -2.65. The van der Waals surface area contributed by atoms with E-state index in [1.165, 1.54) is 6.07 Å². The van der Waals surface area contributed by atoms with Gasteiger partial charge in [0, 0.05) is 28.6 Å². The van der Waals surface area contributed by atoms with E-state index in [1.54, 1.807) is 6.07 Å². The van der Waals surface area contributed by atoms with Crippen molar-refractivity contribution in [3.8, 4) is 22.9 Å². The molecule has 2 fully saturated rings. The van der Waals surface area contributed by atoms with Crippen molar-refractivity contribution in [3.05, 3.63) is 51.6 Å². The van der Waals surface area contributed by atoms with E-state index < -0.39 is 31.7 Å². The maximum Gasteiger partial charge on any atom is 0.410 e. The van der Waals surface area contributed by atoms with Crippen LogP contribution in [0.2, 0.25) is 16.6 Å². The number of carbonyl (C=O) groups excluding carboxylic acids is 1. The maximum atomic E-state index is 17.7. The average molecular weight is 824 g/mol. The average Bonchev–Trinajstić information content (AvgIpc) is 3.33. The molecule has 2 aromatic carbocycles. The molecular weight excluding hydrogens is 770 g/mol. The van der Waals surface area contributed by atoms with Crippen molar-refractivity contribution in [3.63, 3.8) is 0 Å². The zero-order valence-corrected chi connectivity index (χ0v) is 36.1. The Bertz CT molecular complexity index is 2150. The standard InChI is InChI=1S/C42H53BrF2N4O4Si/c1-20(2)54(21(3)4,22(5)6)53-28-17-26-13-15-30(44)35(43)33(26)29(18-28)37-36(45)32-23(7)24(8)46-39-34(32)40(47-37)51-25(9)38-31-16-14-27(19-48(38)39)49(31)41(50)52-42(10,11)12/h13,15,17-18,20-22,25,27,31,38H,14,16,19H2,1-12H3/t25-,27+,31-,38+/m0/s1. The van der Waals surface area contributed by atoms with Gasteiger partial charge in [-0.25, -0.2) is 23.5 Å². The zero-order valence-electron chi connectivity index (χ0n) is 33.5. The topological polar surface area (TPSA) is 77.0 Å². The molecule has 0 saturated carbocycles. The van der Waals surface area contributed by atoms with Crippen molar-refractivity contribution in [2.24, 2.45) is 0 Å². The van der Waals surface area contributed by atoms with Crippen LogP contribution >= 0.6 is 15.9 Å². The van der Waals surface area contributed by atoms with Crippen molar-refractivity contribution in [1.82, 2.24) is 14.9 Å². The molecule has 4 aromatic rings. The normalized spacial score (nSPS) is 21.3. The van der Waals surface area contributed by atoms with Gasteiger partial charge in [-0.3, -0.25) is 4.90 Å². The summed E-state index contributed by atoms with van der Waals surface area (Å²) in [6.45, 7) is 25.2. The van der Waals surface area contributed by atoms with Crippen molar-refractivity contribution in [2.75, 3.05) is 11.4 Å². The fourth-order valence-electron chi connectivity index (χ4n) is 9.85. The molecule has 7 rings (SSSR count). The fraction of sp³-hybridized carbons (Fsp3) is 0.548. The van der Waals surface area contributed by atoms with Crippen LogP contribution in [-0.2, 0) is 4.74 Å². The molecule has 3 aliphatic heterocycles. The minimum Gasteiger partial charge on any atom is -0.543 e. The number of halogens is 3. The van der Waals surface area contributed by atoms with E-state index in [0.717, 1.165) is 12.8 Å². The summed E-state index contributed by atoms with van der Waals surface area (Å²) in [6, 6.07) is 6.32. The minimum atomic E-state index is -2.44. The van der Waals surface area contributed by atoms with Crippen LogP contribution in [0.1, 0.15) is 93.3 Å². The third-order valence-corrected chi connectivity index (χ3v) is 18.9. The zero-order chi connectivity index (χ0) is 39.3. The quantitative estimate of drug-likeness (QED) is 0.179. The molecule has 0 spiro atoms. The minimum absolute atomic E-state index is 0.0498. The van der Waals surface area contributed by atoms with E-state index >= 15 is 8.78 Å². The second-order valence-corrected chi connectivity index (χ2v) is 23.6. The summed E-state index contributed by atoms with van der Waals surface area (Å²) in [5.41, 5.74) is 2.08. The molecular formula is C42H53BrF2N4O4Si. The molecule has 0 radical (unpaired) electrons. The lowest BCUT2D eigenvalue weighted by atomic mass is 9.96. The number of aromatic nitrogens is 2. The van der Waals surface area contributed by atoms with Gasteiger partial charge in [0.2, 0.25) is 5.88 Å². The number of pyridine rings is 2. The van der Waals surface area contributed by atoms with Crippen LogP contribution in [-0.4, -0.2) is 65.7 Å². The Kier molecular flexibility index (Phi) is 9.76. The summed E-state index contributed by atoms with van der Waals surface area (Å²) in [5, 5.41) is 2.08. The highest BCUT2D eigenvalue weighted by Crippen LogP contribution is 2.50. The first kappa shape index (κ1) is 38.7. The number of amides is 1. The van der Waals surface area contributed by atoms with Gasteiger partial charge in [0.15, 0.2) is 5.82 Å². The van der Waals surface area contributed by atoms with Crippen LogP contribution in [0.15, 0.2) is 28.7 Å². The number of hydrogen-bond donors (Lipinski definition) is 0. The number of rotatable bonds is 6. The molecule has 1 amide bonds. The molecule has 2 aromatic heterocycles. The lowest BCUT2D eigenvalue weighted by molar-refractivity contribution is 0.000954. The van der Waals surface area contributed by atoms with Gasteiger partial charge in [-0.2, -0.15) is 0 Å². The second-order valence-electron chi connectivity index (χ2n) is 17.5. The molecule has 4 atom stereocenters. The Morgan fingerprint density at radius 3 is 2.28 bits per heavy atom. The summed E-state index contributed by atoms with van der Waals surface area (Å²) >= 11 is 3.51. The number of benzene rings is 2. The van der Waals surface area contributed by atoms with Crippen molar-refractivity contribution < 1.29 is 27.5 Å². The predicted octanol–water partition coefficient (Wildman–Crippen LogP) is 11.4. The summed E-state index contributed by atoms with van der Waals surface area (Å²) < 4.78 is 53.2. The van der Waals surface area contributed by atoms with E-state index in [0.29, 0.717) is 73.1 Å². The van der Waals surface area contributed by atoms with Crippen LogP contribution in [0.25, 0.3) is 32.8 Å². The number of carbonyl (C=O) groups is 1. The van der Waals surface area contributed by atoms with Crippen molar-refractivity contribution in [1.29, 1.82) is 0 Å². The molecule has 3 aliphatic rings. The maximum absolute atomic E-state index is 17.7. The van der Waals surface area contributed by atoms with Crippen LogP contribution in [0.3, 0.4) is 0 Å². The van der Waals surface area contributed by atoms with E-state index in [-0.39, 0.29) is 40.3 Å². The molecule has 2 saturated heterocycles. The Morgan fingerprint density at radius 1 is 0.981 bits per heavy atom. The van der Waals surface area contributed by atoms with E-state index in [9.17, 15) is 4.79 Å². The van der Waals surface area contributed by atoms with Crippen LogP contribution in [0.5, 0.6) is 11.6 Å². The van der Waals surface area contributed by atoms with Gasteiger partial charge in [-0.05, 0) is 116 Å². The highest BCUT2D eigenvalue weighted by Gasteiger charge is 2.54. The summed E-state index contributed by atoms with van der Waals surface area (Å²) in [5.74, 6) is 0.483. The number of hydrogen-bond acceptors (Lipinski definition) is 7. The van der Waals surface area contributed by atoms with Crippen LogP contribution in [0, 0.1) is 25.5 Å². The molecule has 12 heteroatoms. The molecule has 5 heterocycles. The van der Waals surface area contributed by atoms with Gasteiger partial charge < -0.3 is 18.8 Å². The SMILES string of the molecule is Cc1nc2c3c(nc(-c4cc(O[Si](C(C)C)(C(C)C)C(C)C)cc5ccc(F)c(Br)c45)c(F)c3c1C)O[C@@H](C)[C@@H]1[C@@H]3CC[C@H](CN21)N3C(=O)OC(C)(C)C. The third kappa shape index (κ3) is 6.05. The molecule has 2 bridgehead atoms. The Hall–Kier alpha value is -3.51. The molecule has 8 nitrogen and oxygen atoms in total. The summed E-state index contributed by atoms with van der Waals surface area (Å²) in [4.78, 5) is 27.8. The first-order chi connectivity index (χ1) is 25.3. The van der Waals surface area contributed by atoms with Gasteiger partial charge in [0.05, 0.1) is 28.0 Å². The van der Waals surface area contributed by atoms with Gasteiger partial charge >= 0.3 is 6.09 Å². The predicted molar refractivity (Wildman–Crippen MR) is 217 cm³/mol. The van der Waals surface area contributed by atoms with Crippen LogP contribution in [0.4, 0.5) is 19.4 Å². The van der Waals surface area contributed by atoms with Gasteiger partial charge in [0.25, 0.3) is 8.32 Å². The molecule has 0 N–H and O–H groups in total. The second kappa shape index (κ2) is 13.6. The Labute approximate surface area is 327 Å². The van der Waals surface area contributed by atoms with Gasteiger partial charge in [-0.15, -0.1) is 0 Å². The molecule has 0 unspecified atom stereocenters. The number of aryl methyl sites for hydroxylation is 2. The monoisotopic (exact) mass is 822 g/mol. The number of nitrogens with zero attached hydrogens (tertiary/aromatic N) is 4.